The van der Waals surface area contributed by atoms with Crippen molar-refractivity contribution < 1.29 is 9.53 Å². The Morgan fingerprint density at radius 3 is 2.52 bits per heavy atom. The number of piperazine rings is 1. The van der Waals surface area contributed by atoms with Crippen LogP contribution in [0.1, 0.15) is 37.8 Å². The van der Waals surface area contributed by atoms with E-state index >= 15 is 0 Å². The van der Waals surface area contributed by atoms with Crippen LogP contribution in [0.2, 0.25) is 0 Å². The minimum atomic E-state index is -0.441. The SMILES string of the molecule is Cc1ccc(C(C)C)cc1OC(C)C(=O)N1CCNCC1. The number of rotatable bonds is 4. The van der Waals surface area contributed by atoms with Crippen LogP contribution in [-0.4, -0.2) is 43.1 Å². The van der Waals surface area contributed by atoms with Gasteiger partial charge in [0.1, 0.15) is 5.75 Å². The van der Waals surface area contributed by atoms with E-state index in [-0.39, 0.29) is 5.91 Å². The van der Waals surface area contributed by atoms with E-state index in [1.165, 1.54) is 5.56 Å². The molecule has 0 aliphatic carbocycles. The molecule has 0 radical (unpaired) electrons. The molecule has 116 valence electrons. The van der Waals surface area contributed by atoms with E-state index in [1.54, 1.807) is 0 Å². The van der Waals surface area contributed by atoms with Crippen LogP contribution < -0.4 is 10.1 Å². The molecule has 1 aliphatic heterocycles. The second-order valence-corrected chi connectivity index (χ2v) is 6.02. The van der Waals surface area contributed by atoms with Gasteiger partial charge >= 0.3 is 0 Å². The molecule has 1 amide bonds. The summed E-state index contributed by atoms with van der Waals surface area (Å²) in [5.41, 5.74) is 2.30. The van der Waals surface area contributed by atoms with Gasteiger partial charge in [-0.15, -0.1) is 0 Å². The summed E-state index contributed by atoms with van der Waals surface area (Å²) >= 11 is 0. The van der Waals surface area contributed by atoms with E-state index in [0.29, 0.717) is 5.92 Å². The Labute approximate surface area is 127 Å². The van der Waals surface area contributed by atoms with E-state index < -0.39 is 6.10 Å². The molecule has 0 bridgehead atoms. The van der Waals surface area contributed by atoms with Crippen LogP contribution in [-0.2, 0) is 4.79 Å². The smallest absolute Gasteiger partial charge is 0.263 e. The van der Waals surface area contributed by atoms with Gasteiger partial charge in [-0.25, -0.2) is 0 Å². The number of carbonyl (C=O) groups excluding carboxylic acids is 1. The lowest BCUT2D eigenvalue weighted by molar-refractivity contribution is -0.138. The summed E-state index contributed by atoms with van der Waals surface area (Å²) in [6.07, 6.45) is -0.441. The van der Waals surface area contributed by atoms with Gasteiger partial charge in [-0.3, -0.25) is 4.79 Å². The van der Waals surface area contributed by atoms with Crippen LogP contribution in [0.5, 0.6) is 5.75 Å². The molecule has 1 aromatic carbocycles. The number of nitrogens with zero attached hydrogens (tertiary/aromatic N) is 1. The number of carbonyl (C=O) groups is 1. The molecule has 1 aromatic rings. The van der Waals surface area contributed by atoms with E-state index in [9.17, 15) is 4.79 Å². The third-order valence-electron chi connectivity index (χ3n) is 3.96. The summed E-state index contributed by atoms with van der Waals surface area (Å²) in [5, 5.41) is 3.25. The standard InChI is InChI=1S/C17H26N2O2/c1-12(2)15-6-5-13(3)16(11-15)21-14(4)17(20)19-9-7-18-8-10-19/h5-6,11-12,14,18H,7-10H2,1-4H3. The molecular weight excluding hydrogens is 264 g/mol. The first kappa shape index (κ1) is 15.8. The minimum absolute atomic E-state index is 0.0749. The molecule has 1 unspecified atom stereocenters. The monoisotopic (exact) mass is 290 g/mol. The fourth-order valence-electron chi connectivity index (χ4n) is 2.49. The molecule has 21 heavy (non-hydrogen) atoms. The number of ether oxygens (including phenoxy) is 1. The molecule has 1 heterocycles. The first-order valence-corrected chi connectivity index (χ1v) is 7.75. The fourth-order valence-corrected chi connectivity index (χ4v) is 2.49. The quantitative estimate of drug-likeness (QED) is 0.925. The van der Waals surface area contributed by atoms with Crippen molar-refractivity contribution in [3.05, 3.63) is 29.3 Å². The van der Waals surface area contributed by atoms with Crippen LogP contribution in [0.25, 0.3) is 0 Å². The van der Waals surface area contributed by atoms with Crippen molar-refractivity contribution in [1.29, 1.82) is 0 Å². The predicted molar refractivity (Wildman–Crippen MR) is 84.8 cm³/mol. The zero-order valence-electron chi connectivity index (χ0n) is 13.5. The number of hydrogen-bond acceptors (Lipinski definition) is 3. The van der Waals surface area contributed by atoms with Gasteiger partial charge in [-0.05, 0) is 37.0 Å². The average molecular weight is 290 g/mol. The van der Waals surface area contributed by atoms with Crippen molar-refractivity contribution in [2.24, 2.45) is 0 Å². The van der Waals surface area contributed by atoms with Crippen LogP contribution in [0, 0.1) is 6.92 Å². The van der Waals surface area contributed by atoms with Crippen molar-refractivity contribution in [1.82, 2.24) is 10.2 Å². The van der Waals surface area contributed by atoms with Gasteiger partial charge in [0.15, 0.2) is 6.10 Å². The van der Waals surface area contributed by atoms with Crippen LogP contribution >= 0.6 is 0 Å². The Balaban J connectivity index is 2.06. The summed E-state index contributed by atoms with van der Waals surface area (Å²) in [6.45, 7) is 11.4. The molecule has 4 nitrogen and oxygen atoms in total. The maximum absolute atomic E-state index is 12.4. The zero-order valence-corrected chi connectivity index (χ0v) is 13.5. The molecule has 1 N–H and O–H groups in total. The molecule has 0 saturated carbocycles. The second kappa shape index (κ2) is 6.94. The van der Waals surface area contributed by atoms with Gasteiger partial charge in [0.25, 0.3) is 5.91 Å². The zero-order chi connectivity index (χ0) is 15.4. The van der Waals surface area contributed by atoms with Crippen LogP contribution in [0.4, 0.5) is 0 Å². The second-order valence-electron chi connectivity index (χ2n) is 6.02. The lowest BCUT2D eigenvalue weighted by Gasteiger charge is -2.30. The van der Waals surface area contributed by atoms with Crippen LogP contribution in [0.3, 0.4) is 0 Å². The molecule has 4 heteroatoms. The lowest BCUT2D eigenvalue weighted by Crippen LogP contribution is -2.50. The Bertz CT molecular complexity index is 494. The molecule has 2 rings (SSSR count). The summed E-state index contributed by atoms with van der Waals surface area (Å²) in [4.78, 5) is 14.3. The van der Waals surface area contributed by atoms with Crippen molar-refractivity contribution in [2.75, 3.05) is 26.2 Å². The van der Waals surface area contributed by atoms with Crippen molar-refractivity contribution in [2.45, 2.75) is 39.7 Å². The van der Waals surface area contributed by atoms with Crippen LogP contribution in [0.15, 0.2) is 18.2 Å². The fraction of sp³-hybridized carbons (Fsp3) is 0.588. The number of hydrogen-bond donors (Lipinski definition) is 1. The Morgan fingerprint density at radius 2 is 1.90 bits per heavy atom. The number of amides is 1. The van der Waals surface area contributed by atoms with Crippen molar-refractivity contribution in [3.63, 3.8) is 0 Å². The van der Waals surface area contributed by atoms with Gasteiger partial charge in [0, 0.05) is 26.2 Å². The van der Waals surface area contributed by atoms with E-state index in [1.807, 2.05) is 18.7 Å². The molecule has 1 saturated heterocycles. The molecule has 1 atom stereocenters. The Kier molecular flexibility index (Phi) is 5.23. The molecule has 0 spiro atoms. The van der Waals surface area contributed by atoms with Crippen molar-refractivity contribution in [3.8, 4) is 5.75 Å². The minimum Gasteiger partial charge on any atom is -0.481 e. The lowest BCUT2D eigenvalue weighted by atomic mass is 10.0. The first-order valence-electron chi connectivity index (χ1n) is 7.75. The van der Waals surface area contributed by atoms with Gasteiger partial charge in [0.2, 0.25) is 0 Å². The molecular formula is C17H26N2O2. The number of aryl methyl sites for hydroxylation is 1. The van der Waals surface area contributed by atoms with E-state index in [2.05, 4.69) is 37.4 Å². The number of benzene rings is 1. The number of nitrogens with one attached hydrogen (secondary N) is 1. The molecule has 1 aliphatic rings. The third kappa shape index (κ3) is 3.97. The van der Waals surface area contributed by atoms with Gasteiger partial charge < -0.3 is 15.0 Å². The highest BCUT2D eigenvalue weighted by Crippen LogP contribution is 2.25. The highest BCUT2D eigenvalue weighted by molar-refractivity contribution is 5.81. The third-order valence-corrected chi connectivity index (χ3v) is 3.96. The van der Waals surface area contributed by atoms with Gasteiger partial charge in [-0.1, -0.05) is 26.0 Å². The Hall–Kier alpha value is -1.55. The maximum Gasteiger partial charge on any atom is 0.263 e. The normalized spacial score (nSPS) is 16.9. The highest BCUT2D eigenvalue weighted by Gasteiger charge is 2.23. The topological polar surface area (TPSA) is 41.6 Å². The van der Waals surface area contributed by atoms with E-state index in [0.717, 1.165) is 37.5 Å². The van der Waals surface area contributed by atoms with Gasteiger partial charge in [-0.2, -0.15) is 0 Å². The highest BCUT2D eigenvalue weighted by atomic mass is 16.5. The van der Waals surface area contributed by atoms with Crippen molar-refractivity contribution >= 4 is 5.91 Å². The first-order chi connectivity index (χ1) is 9.99. The average Bonchev–Trinajstić information content (AvgIpc) is 2.49. The van der Waals surface area contributed by atoms with Gasteiger partial charge in [0.05, 0.1) is 0 Å². The Morgan fingerprint density at radius 1 is 1.24 bits per heavy atom. The largest absolute Gasteiger partial charge is 0.481 e. The maximum atomic E-state index is 12.4. The summed E-state index contributed by atoms with van der Waals surface area (Å²) in [6, 6.07) is 6.24. The summed E-state index contributed by atoms with van der Waals surface area (Å²) in [7, 11) is 0. The molecule has 1 fully saturated rings. The predicted octanol–water partition coefficient (Wildman–Crippen LogP) is 2.32. The molecule has 0 aromatic heterocycles. The summed E-state index contributed by atoms with van der Waals surface area (Å²) in [5.74, 6) is 1.34. The summed E-state index contributed by atoms with van der Waals surface area (Å²) < 4.78 is 5.94. The van der Waals surface area contributed by atoms with E-state index in [4.69, 9.17) is 4.74 Å².